The van der Waals surface area contributed by atoms with E-state index >= 15 is 0 Å². The van der Waals surface area contributed by atoms with E-state index in [1.165, 1.54) is 7.11 Å². The molecule has 2 rings (SSSR count). The lowest BCUT2D eigenvalue weighted by atomic mass is 10.1. The van der Waals surface area contributed by atoms with Crippen LogP contribution >= 0.6 is 0 Å². The van der Waals surface area contributed by atoms with Crippen molar-refractivity contribution in [2.75, 3.05) is 7.11 Å². The maximum atomic E-state index is 12.3. The Morgan fingerprint density at radius 1 is 1.00 bits per heavy atom. The van der Waals surface area contributed by atoms with Crippen molar-refractivity contribution in [2.45, 2.75) is 58.0 Å². The van der Waals surface area contributed by atoms with Crippen LogP contribution in [0.1, 0.15) is 31.9 Å². The first-order chi connectivity index (χ1) is 14.5. The Morgan fingerprint density at radius 3 is 2.26 bits per heavy atom. The number of hydrogen-bond acceptors (Lipinski definition) is 5. The molecule has 1 unspecified atom stereocenters. The van der Waals surface area contributed by atoms with Gasteiger partial charge in [0.1, 0.15) is 18.4 Å². The Labute approximate surface area is 186 Å². The third-order valence-electron chi connectivity index (χ3n) is 5.51. The van der Waals surface area contributed by atoms with E-state index in [1.807, 2.05) is 54.6 Å². The van der Waals surface area contributed by atoms with E-state index in [4.69, 9.17) is 13.9 Å². The molecular formula is C24H33NO5Si. The summed E-state index contributed by atoms with van der Waals surface area (Å²) in [5.74, 6) is 0.228. The Bertz CT molecular complexity index is 877. The summed E-state index contributed by atoms with van der Waals surface area (Å²) in [5, 5.41) is 2.68. The average Bonchev–Trinajstić information content (AvgIpc) is 2.71. The maximum absolute atomic E-state index is 12.3. The number of benzene rings is 2. The van der Waals surface area contributed by atoms with Crippen LogP contribution in [0.15, 0.2) is 54.6 Å². The number of carbonyl (C=O) groups excluding carboxylic acids is 2. The Kier molecular flexibility index (Phi) is 8.27. The summed E-state index contributed by atoms with van der Waals surface area (Å²) in [6.45, 7) is 11.0. The smallest absolute Gasteiger partial charge is 0.408 e. The molecule has 0 aliphatic rings. The monoisotopic (exact) mass is 443 g/mol. The minimum absolute atomic E-state index is 0.0711. The molecule has 2 aromatic carbocycles. The van der Waals surface area contributed by atoms with Crippen LogP contribution in [0.5, 0.6) is 5.75 Å². The van der Waals surface area contributed by atoms with Gasteiger partial charge in [0.05, 0.1) is 7.11 Å². The van der Waals surface area contributed by atoms with Gasteiger partial charge in [-0.25, -0.2) is 9.59 Å². The van der Waals surface area contributed by atoms with Crippen molar-refractivity contribution in [1.29, 1.82) is 0 Å². The molecule has 0 saturated heterocycles. The number of hydrogen-bond donors (Lipinski definition) is 1. The van der Waals surface area contributed by atoms with Crippen LogP contribution in [0.25, 0.3) is 0 Å². The molecule has 0 heterocycles. The lowest BCUT2D eigenvalue weighted by Gasteiger charge is -2.36. The number of alkyl carbamates (subject to hydrolysis) is 1. The zero-order chi connectivity index (χ0) is 23.1. The van der Waals surface area contributed by atoms with Gasteiger partial charge in [0.2, 0.25) is 8.32 Å². The quantitative estimate of drug-likeness (QED) is 0.455. The maximum Gasteiger partial charge on any atom is 0.408 e. The van der Waals surface area contributed by atoms with Gasteiger partial charge in [0.15, 0.2) is 0 Å². The number of amides is 1. The van der Waals surface area contributed by atoms with E-state index in [1.54, 1.807) is 0 Å². The molecule has 1 atom stereocenters. The number of rotatable bonds is 8. The number of esters is 1. The van der Waals surface area contributed by atoms with Gasteiger partial charge in [-0.3, -0.25) is 0 Å². The molecule has 0 aromatic heterocycles. The zero-order valence-corrected chi connectivity index (χ0v) is 20.2. The molecule has 1 amide bonds. The van der Waals surface area contributed by atoms with Crippen molar-refractivity contribution in [3.8, 4) is 5.75 Å². The highest BCUT2D eigenvalue weighted by atomic mass is 28.4. The van der Waals surface area contributed by atoms with Crippen molar-refractivity contribution in [2.24, 2.45) is 0 Å². The second-order valence-electron chi connectivity index (χ2n) is 9.00. The first-order valence-corrected chi connectivity index (χ1v) is 13.3. The molecule has 2 aromatic rings. The first kappa shape index (κ1) is 24.5. The van der Waals surface area contributed by atoms with Crippen LogP contribution in [0, 0.1) is 0 Å². The Balaban J connectivity index is 2.05. The molecule has 0 aliphatic heterocycles. The predicted molar refractivity (Wildman–Crippen MR) is 124 cm³/mol. The standard InChI is InChI=1S/C24H33NO5Si/c1-24(2,3)31(5,6)30-20-14-10-13-19(15-20)16-21(22(26)28-4)25-23(27)29-17-18-11-8-7-9-12-18/h7-15,21H,16-17H2,1-6H3,(H,25,27). The second kappa shape index (κ2) is 10.5. The SMILES string of the molecule is COC(=O)C(Cc1cccc(O[Si](C)(C)C(C)(C)C)c1)NC(=O)OCc1ccccc1. The molecule has 0 bridgehead atoms. The molecule has 0 spiro atoms. The van der Waals surface area contributed by atoms with E-state index in [9.17, 15) is 9.59 Å². The minimum atomic E-state index is -1.99. The molecule has 31 heavy (non-hydrogen) atoms. The Hall–Kier alpha value is -2.80. The topological polar surface area (TPSA) is 73.9 Å². The molecule has 7 heteroatoms. The Morgan fingerprint density at radius 2 is 1.65 bits per heavy atom. The molecule has 0 radical (unpaired) electrons. The number of methoxy groups -OCH3 is 1. The third-order valence-corrected chi connectivity index (χ3v) is 9.87. The van der Waals surface area contributed by atoms with E-state index < -0.39 is 26.4 Å². The normalized spacial score (nSPS) is 12.6. The van der Waals surface area contributed by atoms with E-state index in [2.05, 4.69) is 39.2 Å². The lowest BCUT2D eigenvalue weighted by molar-refractivity contribution is -0.143. The van der Waals surface area contributed by atoms with Crippen molar-refractivity contribution >= 4 is 20.4 Å². The number of nitrogens with one attached hydrogen (secondary N) is 1. The van der Waals surface area contributed by atoms with Gasteiger partial charge in [0, 0.05) is 6.42 Å². The molecule has 0 aliphatic carbocycles. The molecular weight excluding hydrogens is 410 g/mol. The van der Waals surface area contributed by atoms with Gasteiger partial charge < -0.3 is 19.2 Å². The highest BCUT2D eigenvalue weighted by molar-refractivity contribution is 6.74. The molecule has 0 fully saturated rings. The minimum Gasteiger partial charge on any atom is -0.543 e. The highest BCUT2D eigenvalue weighted by Crippen LogP contribution is 2.37. The highest BCUT2D eigenvalue weighted by Gasteiger charge is 2.39. The van der Waals surface area contributed by atoms with Gasteiger partial charge in [-0.15, -0.1) is 0 Å². The third kappa shape index (κ3) is 7.43. The summed E-state index contributed by atoms with van der Waals surface area (Å²) in [4.78, 5) is 24.5. The summed E-state index contributed by atoms with van der Waals surface area (Å²) in [7, 11) is -0.693. The summed E-state index contributed by atoms with van der Waals surface area (Å²) in [5.41, 5.74) is 1.72. The van der Waals surface area contributed by atoms with Gasteiger partial charge in [-0.1, -0.05) is 63.2 Å². The molecule has 168 valence electrons. The van der Waals surface area contributed by atoms with Gasteiger partial charge >= 0.3 is 12.1 Å². The van der Waals surface area contributed by atoms with Crippen molar-refractivity contribution in [1.82, 2.24) is 5.32 Å². The molecule has 6 nitrogen and oxygen atoms in total. The van der Waals surface area contributed by atoms with Gasteiger partial charge in [-0.05, 0) is 41.4 Å². The van der Waals surface area contributed by atoms with Gasteiger partial charge in [0.25, 0.3) is 0 Å². The fourth-order valence-electron chi connectivity index (χ4n) is 2.66. The fourth-order valence-corrected chi connectivity index (χ4v) is 3.68. The lowest BCUT2D eigenvalue weighted by Crippen LogP contribution is -2.44. The van der Waals surface area contributed by atoms with Gasteiger partial charge in [-0.2, -0.15) is 0 Å². The van der Waals surface area contributed by atoms with Crippen LogP contribution in [0.3, 0.4) is 0 Å². The summed E-state index contributed by atoms with van der Waals surface area (Å²) in [6, 6.07) is 16.1. The fraction of sp³-hybridized carbons (Fsp3) is 0.417. The summed E-state index contributed by atoms with van der Waals surface area (Å²) < 4.78 is 16.5. The van der Waals surface area contributed by atoms with Crippen LogP contribution in [0.4, 0.5) is 4.79 Å². The summed E-state index contributed by atoms with van der Waals surface area (Å²) >= 11 is 0. The van der Waals surface area contributed by atoms with Crippen LogP contribution in [-0.4, -0.2) is 33.5 Å². The van der Waals surface area contributed by atoms with Crippen molar-refractivity contribution in [3.05, 3.63) is 65.7 Å². The first-order valence-electron chi connectivity index (χ1n) is 10.3. The number of ether oxygens (including phenoxy) is 2. The second-order valence-corrected chi connectivity index (χ2v) is 13.7. The van der Waals surface area contributed by atoms with E-state index in [0.29, 0.717) is 0 Å². The van der Waals surface area contributed by atoms with Crippen molar-refractivity contribution < 1.29 is 23.5 Å². The van der Waals surface area contributed by atoms with Crippen molar-refractivity contribution in [3.63, 3.8) is 0 Å². The molecule has 0 saturated carbocycles. The van der Waals surface area contributed by atoms with Crippen LogP contribution < -0.4 is 9.74 Å². The molecule has 1 N–H and O–H groups in total. The largest absolute Gasteiger partial charge is 0.543 e. The average molecular weight is 444 g/mol. The zero-order valence-electron chi connectivity index (χ0n) is 19.2. The van der Waals surface area contributed by atoms with Crippen LogP contribution in [0.2, 0.25) is 18.1 Å². The van der Waals surface area contributed by atoms with E-state index in [0.717, 1.165) is 16.9 Å². The van der Waals surface area contributed by atoms with Crippen LogP contribution in [-0.2, 0) is 27.3 Å². The van der Waals surface area contributed by atoms with E-state index in [-0.39, 0.29) is 18.1 Å². The summed E-state index contributed by atoms with van der Waals surface area (Å²) in [6.07, 6.45) is -0.408. The predicted octanol–water partition coefficient (Wildman–Crippen LogP) is 5.08. The number of carbonyl (C=O) groups is 2.